The predicted molar refractivity (Wildman–Crippen MR) is 208 cm³/mol. The minimum Gasteiger partial charge on any atom is -0.103 e. The van der Waals surface area contributed by atoms with Gasteiger partial charge in [0.15, 0.2) is 0 Å². The summed E-state index contributed by atoms with van der Waals surface area (Å²) in [5, 5.41) is 2.67. The van der Waals surface area contributed by atoms with Crippen molar-refractivity contribution in [2.45, 2.75) is 31.6 Å². The molecular formula is C49H38. The number of benzene rings is 4. The van der Waals surface area contributed by atoms with Gasteiger partial charge >= 0.3 is 0 Å². The Kier molecular flexibility index (Phi) is 6.93. The second kappa shape index (κ2) is 11.5. The lowest BCUT2D eigenvalue weighted by atomic mass is 9.63. The van der Waals surface area contributed by atoms with Crippen molar-refractivity contribution in [3.8, 4) is 0 Å². The molecule has 0 heterocycles. The minimum absolute atomic E-state index is 0.153. The third kappa shape index (κ3) is 4.32. The number of rotatable bonds is 6. The quantitative estimate of drug-likeness (QED) is 0.165. The molecule has 3 atom stereocenters. The molecule has 5 aromatic carbocycles. The molecule has 0 aliphatic heterocycles. The fraction of sp³-hybridized carbons (Fsp3) is 0.143. The van der Waals surface area contributed by atoms with Crippen molar-refractivity contribution in [3.05, 3.63) is 208 Å². The average Bonchev–Trinajstić information content (AvgIpc) is 3.74. The van der Waals surface area contributed by atoms with Crippen molar-refractivity contribution in [3.63, 3.8) is 0 Å². The topological polar surface area (TPSA) is 0 Å². The Labute approximate surface area is 290 Å². The molecule has 0 amide bonds. The van der Waals surface area contributed by atoms with E-state index in [0.717, 1.165) is 19.3 Å². The summed E-state index contributed by atoms with van der Waals surface area (Å²) in [6.07, 6.45) is 18.9. The third-order valence-corrected chi connectivity index (χ3v) is 11.3. The molecule has 5 aromatic rings. The van der Waals surface area contributed by atoms with Crippen molar-refractivity contribution >= 4 is 40.1 Å². The Morgan fingerprint density at radius 3 is 2.53 bits per heavy atom. The van der Waals surface area contributed by atoms with Crippen LogP contribution in [0.15, 0.2) is 151 Å². The normalized spacial score (nSPS) is 22.5. The highest BCUT2D eigenvalue weighted by molar-refractivity contribution is 6.02. The van der Waals surface area contributed by atoms with Crippen LogP contribution in [0.5, 0.6) is 0 Å². The summed E-state index contributed by atoms with van der Waals surface area (Å²) >= 11 is 0. The summed E-state index contributed by atoms with van der Waals surface area (Å²) in [6.45, 7) is 11.1. The Balaban J connectivity index is 1.32. The minimum atomic E-state index is -0.382. The highest BCUT2D eigenvalue weighted by Crippen LogP contribution is 2.67. The summed E-state index contributed by atoms with van der Waals surface area (Å²) in [7, 11) is 0. The summed E-state index contributed by atoms with van der Waals surface area (Å²) in [5.41, 5.74) is 16.7. The van der Waals surface area contributed by atoms with Crippen LogP contribution in [-0.2, 0) is 18.3 Å². The Morgan fingerprint density at radius 1 is 0.898 bits per heavy atom. The highest BCUT2D eigenvalue weighted by atomic mass is 14.6. The molecular weight excluding hydrogens is 589 g/mol. The van der Waals surface area contributed by atoms with Crippen LogP contribution in [-0.4, -0.2) is 0 Å². The standard InChI is InChI=1S/C49H38/c1-4-15-44-43(29-33-16-7-6-8-17-33)48-39-20-10-9-18-34(39)31-47(48)49(44)45-23-14-13-22-41(45)37(5-2)46(49)27-26-35-30-36-25-24-32(3)28-42(36)40-21-12-11-19-38(35)40/h4-9,11-14,16-19,21-27,29-30,32,44H,1-2,15,28,31H2,3H3/b27-26-,43-29+. The maximum atomic E-state index is 4.44. The molecule has 0 nitrogen and oxygen atoms in total. The van der Waals surface area contributed by atoms with Gasteiger partial charge in [-0.15, -0.1) is 6.58 Å². The molecule has 1 spiro atoms. The van der Waals surface area contributed by atoms with Crippen LogP contribution in [0.3, 0.4) is 0 Å². The molecule has 3 unspecified atom stereocenters. The fourth-order valence-electron chi connectivity index (χ4n) is 9.40. The van der Waals surface area contributed by atoms with Gasteiger partial charge in [-0.05, 0) is 121 Å². The fourth-order valence-corrected chi connectivity index (χ4v) is 9.40. The van der Waals surface area contributed by atoms with Gasteiger partial charge in [0.25, 0.3) is 0 Å². The van der Waals surface area contributed by atoms with E-state index in [4.69, 9.17) is 0 Å². The first-order valence-electron chi connectivity index (χ1n) is 17.5. The van der Waals surface area contributed by atoms with Crippen LogP contribution in [0, 0.1) is 24.0 Å². The average molecular weight is 627 g/mol. The molecule has 0 heteroatoms. The van der Waals surface area contributed by atoms with Crippen LogP contribution >= 0.6 is 0 Å². The number of hydrogen-bond acceptors (Lipinski definition) is 0. The SMILES string of the molecule is C=CCC1/C(=C\c2ccccc2)C2=C(Cc3ccc#cc32)C12C(/C=C\c1cc3c(c4ccccc14)CC(C)C=C3)=C(C=C)c1ccccc12. The van der Waals surface area contributed by atoms with Gasteiger partial charge in [0.2, 0.25) is 0 Å². The zero-order valence-electron chi connectivity index (χ0n) is 28.0. The van der Waals surface area contributed by atoms with E-state index in [2.05, 4.69) is 166 Å². The van der Waals surface area contributed by atoms with Gasteiger partial charge in [0.1, 0.15) is 0 Å². The molecule has 0 bridgehead atoms. The molecule has 0 aromatic heterocycles. The molecule has 4 aliphatic carbocycles. The van der Waals surface area contributed by atoms with Crippen molar-refractivity contribution < 1.29 is 0 Å². The molecule has 0 N–H and O–H groups in total. The summed E-state index contributed by atoms with van der Waals surface area (Å²) in [4.78, 5) is 0. The van der Waals surface area contributed by atoms with E-state index in [1.165, 1.54) is 83.1 Å². The molecule has 9 rings (SSSR count). The predicted octanol–water partition coefficient (Wildman–Crippen LogP) is 11.8. The number of allylic oxidation sites excluding steroid dienone is 9. The third-order valence-electron chi connectivity index (χ3n) is 11.3. The van der Waals surface area contributed by atoms with E-state index < -0.39 is 0 Å². The highest BCUT2D eigenvalue weighted by Gasteiger charge is 2.58. The van der Waals surface area contributed by atoms with E-state index in [1.54, 1.807) is 0 Å². The molecule has 49 heavy (non-hydrogen) atoms. The Bertz CT molecular complexity index is 2350. The largest absolute Gasteiger partial charge is 0.103 e. The maximum Gasteiger partial charge on any atom is 0.0507 e. The Morgan fingerprint density at radius 2 is 1.69 bits per heavy atom. The van der Waals surface area contributed by atoms with E-state index in [0.29, 0.717) is 5.92 Å². The van der Waals surface area contributed by atoms with E-state index in [-0.39, 0.29) is 11.3 Å². The molecule has 0 radical (unpaired) electrons. The molecule has 0 saturated carbocycles. The van der Waals surface area contributed by atoms with Crippen LogP contribution < -0.4 is 0 Å². The van der Waals surface area contributed by atoms with Crippen LogP contribution in [0.1, 0.15) is 57.9 Å². The lowest BCUT2D eigenvalue weighted by Crippen LogP contribution is -2.35. The maximum absolute atomic E-state index is 4.44. The van der Waals surface area contributed by atoms with Gasteiger partial charge in [-0.25, -0.2) is 0 Å². The van der Waals surface area contributed by atoms with Crippen LogP contribution in [0.2, 0.25) is 0 Å². The monoisotopic (exact) mass is 626 g/mol. The second-order valence-corrected chi connectivity index (χ2v) is 14.0. The first-order valence-corrected chi connectivity index (χ1v) is 17.5. The molecule has 0 saturated heterocycles. The van der Waals surface area contributed by atoms with Gasteiger partial charge in [-0.3, -0.25) is 0 Å². The lowest BCUT2D eigenvalue weighted by molar-refractivity contribution is 0.453. The first-order chi connectivity index (χ1) is 24.1. The zero-order chi connectivity index (χ0) is 33.1. The molecule has 4 aliphatic rings. The summed E-state index contributed by atoms with van der Waals surface area (Å²) < 4.78 is 0. The van der Waals surface area contributed by atoms with Crippen molar-refractivity contribution in [1.29, 1.82) is 0 Å². The Hall–Kier alpha value is -5.64. The van der Waals surface area contributed by atoms with Gasteiger partial charge < -0.3 is 0 Å². The molecule has 0 fully saturated rings. The lowest BCUT2D eigenvalue weighted by Gasteiger charge is -2.38. The second-order valence-electron chi connectivity index (χ2n) is 14.0. The van der Waals surface area contributed by atoms with E-state index >= 15 is 0 Å². The number of fused-ring (bicyclic) bond motifs is 8. The van der Waals surface area contributed by atoms with Crippen molar-refractivity contribution in [1.82, 2.24) is 0 Å². The van der Waals surface area contributed by atoms with Crippen LogP contribution in [0.4, 0.5) is 0 Å². The van der Waals surface area contributed by atoms with Crippen LogP contribution in [0.25, 0.3) is 40.1 Å². The first kappa shape index (κ1) is 29.5. The van der Waals surface area contributed by atoms with Gasteiger partial charge in [0, 0.05) is 11.5 Å². The summed E-state index contributed by atoms with van der Waals surface area (Å²) in [6, 6.07) is 42.3. The molecule has 234 valence electrons. The van der Waals surface area contributed by atoms with Gasteiger partial charge in [0.05, 0.1) is 5.41 Å². The van der Waals surface area contributed by atoms with Gasteiger partial charge in [-0.2, -0.15) is 0 Å². The van der Waals surface area contributed by atoms with E-state index in [1.807, 2.05) is 6.07 Å². The zero-order valence-corrected chi connectivity index (χ0v) is 28.0. The van der Waals surface area contributed by atoms with Crippen molar-refractivity contribution in [2.75, 3.05) is 0 Å². The van der Waals surface area contributed by atoms with Crippen molar-refractivity contribution in [2.24, 2.45) is 11.8 Å². The summed E-state index contributed by atoms with van der Waals surface area (Å²) in [5.74, 6) is 0.699. The smallest absolute Gasteiger partial charge is 0.0507 e. The number of hydrogen-bond donors (Lipinski definition) is 0. The van der Waals surface area contributed by atoms with Gasteiger partial charge in [-0.1, -0.05) is 147 Å². The van der Waals surface area contributed by atoms with E-state index in [9.17, 15) is 0 Å².